The molecule has 0 radical (unpaired) electrons. The highest BCUT2D eigenvalue weighted by Gasteiger charge is 2.31. The molecule has 1 saturated heterocycles. The Morgan fingerprint density at radius 2 is 2.04 bits per heavy atom. The van der Waals surface area contributed by atoms with Crippen molar-refractivity contribution in [1.29, 1.82) is 0 Å². The van der Waals surface area contributed by atoms with Gasteiger partial charge in [0.05, 0.1) is 24.4 Å². The molecule has 0 N–H and O–H groups in total. The largest absolute Gasteiger partial charge is 0.494 e. The molecule has 1 fully saturated rings. The first-order valence-corrected chi connectivity index (χ1v) is 9.95. The summed E-state index contributed by atoms with van der Waals surface area (Å²) in [5.41, 5.74) is 2.58. The van der Waals surface area contributed by atoms with Gasteiger partial charge in [0.15, 0.2) is 5.65 Å². The van der Waals surface area contributed by atoms with Gasteiger partial charge in [-0.25, -0.2) is 9.67 Å². The van der Waals surface area contributed by atoms with Gasteiger partial charge in [0.1, 0.15) is 5.75 Å². The fourth-order valence-electron chi connectivity index (χ4n) is 3.91. The maximum atomic E-state index is 13.2. The Bertz CT molecular complexity index is 978. The summed E-state index contributed by atoms with van der Waals surface area (Å²) in [5, 5.41) is 5.30. The van der Waals surface area contributed by atoms with E-state index in [1.54, 1.807) is 12.4 Å². The van der Waals surface area contributed by atoms with E-state index >= 15 is 0 Å². The summed E-state index contributed by atoms with van der Waals surface area (Å²) in [6.07, 6.45) is 5.44. The SMILES string of the molecule is CCOc1ccc(C2CCCN2C(=O)c2cnc3c(cnn3C(C)C)c2)cc1. The molecule has 0 saturated carbocycles. The van der Waals surface area contributed by atoms with Gasteiger partial charge in [0.2, 0.25) is 0 Å². The lowest BCUT2D eigenvalue weighted by atomic mass is 10.0. The van der Waals surface area contributed by atoms with Gasteiger partial charge in [0.25, 0.3) is 5.91 Å². The van der Waals surface area contributed by atoms with E-state index < -0.39 is 0 Å². The van der Waals surface area contributed by atoms with Gasteiger partial charge < -0.3 is 9.64 Å². The van der Waals surface area contributed by atoms with E-state index in [2.05, 4.69) is 36.1 Å². The quantitative estimate of drug-likeness (QED) is 0.661. The van der Waals surface area contributed by atoms with Gasteiger partial charge >= 0.3 is 0 Å². The van der Waals surface area contributed by atoms with Gasteiger partial charge in [-0.1, -0.05) is 12.1 Å². The van der Waals surface area contributed by atoms with Gasteiger partial charge in [0, 0.05) is 24.2 Å². The van der Waals surface area contributed by atoms with E-state index in [4.69, 9.17) is 4.74 Å². The van der Waals surface area contributed by atoms with Crippen molar-refractivity contribution in [3.05, 3.63) is 53.9 Å². The van der Waals surface area contributed by atoms with Crippen molar-refractivity contribution < 1.29 is 9.53 Å². The van der Waals surface area contributed by atoms with Crippen LogP contribution >= 0.6 is 0 Å². The predicted octanol–water partition coefficient (Wildman–Crippen LogP) is 4.39. The standard InChI is InChI=1S/C22H26N4O2/c1-4-28-19-9-7-16(8-10-19)20-6-5-11-25(20)22(27)18-12-17-14-24-26(15(2)3)21(17)23-13-18/h7-10,12-15,20H,4-6,11H2,1-3H3. The summed E-state index contributed by atoms with van der Waals surface area (Å²) >= 11 is 0. The number of carbonyl (C=O) groups is 1. The molecule has 0 aliphatic carbocycles. The maximum Gasteiger partial charge on any atom is 0.255 e. The van der Waals surface area contributed by atoms with E-state index in [1.165, 1.54) is 0 Å². The number of carbonyl (C=O) groups excluding carboxylic acids is 1. The molecule has 4 rings (SSSR count). The second kappa shape index (κ2) is 7.62. The minimum Gasteiger partial charge on any atom is -0.494 e. The van der Waals surface area contributed by atoms with Crippen LogP contribution in [0.5, 0.6) is 5.75 Å². The summed E-state index contributed by atoms with van der Waals surface area (Å²) < 4.78 is 7.41. The summed E-state index contributed by atoms with van der Waals surface area (Å²) in [4.78, 5) is 19.7. The molecule has 1 aliphatic heterocycles. The molecule has 3 heterocycles. The van der Waals surface area contributed by atoms with Crippen molar-refractivity contribution in [2.75, 3.05) is 13.2 Å². The third-order valence-electron chi connectivity index (χ3n) is 5.26. The molecular weight excluding hydrogens is 352 g/mol. The number of likely N-dealkylation sites (tertiary alicyclic amines) is 1. The van der Waals surface area contributed by atoms with Crippen molar-refractivity contribution >= 4 is 16.9 Å². The minimum absolute atomic E-state index is 0.0306. The van der Waals surface area contributed by atoms with Crippen LogP contribution in [0.1, 0.15) is 61.6 Å². The van der Waals surface area contributed by atoms with Crippen LogP contribution in [-0.2, 0) is 0 Å². The maximum absolute atomic E-state index is 13.2. The number of fused-ring (bicyclic) bond motifs is 1. The molecular formula is C22H26N4O2. The van der Waals surface area contributed by atoms with E-state index in [9.17, 15) is 4.79 Å². The number of amides is 1. The van der Waals surface area contributed by atoms with Gasteiger partial charge in [-0.2, -0.15) is 5.10 Å². The number of pyridine rings is 1. The summed E-state index contributed by atoms with van der Waals surface area (Å²) in [6.45, 7) is 7.52. The first kappa shape index (κ1) is 18.5. The lowest BCUT2D eigenvalue weighted by molar-refractivity contribution is 0.0735. The molecule has 6 nitrogen and oxygen atoms in total. The topological polar surface area (TPSA) is 60.2 Å². The first-order valence-electron chi connectivity index (χ1n) is 9.95. The number of hydrogen-bond donors (Lipinski definition) is 0. The average Bonchev–Trinajstić information content (AvgIpc) is 3.35. The molecule has 1 aliphatic rings. The van der Waals surface area contributed by atoms with Crippen molar-refractivity contribution in [2.45, 2.75) is 45.7 Å². The molecule has 0 bridgehead atoms. The van der Waals surface area contributed by atoms with Crippen LogP contribution in [0.2, 0.25) is 0 Å². The number of aromatic nitrogens is 3. The summed E-state index contributed by atoms with van der Waals surface area (Å²) in [6, 6.07) is 10.3. The lowest BCUT2D eigenvalue weighted by Gasteiger charge is -2.25. The number of rotatable bonds is 5. The Morgan fingerprint density at radius 3 is 2.75 bits per heavy atom. The van der Waals surface area contributed by atoms with Crippen molar-refractivity contribution in [3.63, 3.8) is 0 Å². The Hall–Kier alpha value is -2.89. The zero-order valence-corrected chi connectivity index (χ0v) is 16.6. The molecule has 1 amide bonds. The lowest BCUT2D eigenvalue weighted by Crippen LogP contribution is -2.30. The van der Waals surface area contributed by atoms with Crippen molar-refractivity contribution in [2.24, 2.45) is 0 Å². The van der Waals surface area contributed by atoms with Crippen LogP contribution in [0, 0.1) is 0 Å². The first-order chi connectivity index (χ1) is 13.6. The highest BCUT2D eigenvalue weighted by molar-refractivity contribution is 5.97. The van der Waals surface area contributed by atoms with Gasteiger partial charge in [-0.15, -0.1) is 0 Å². The van der Waals surface area contributed by atoms with Crippen molar-refractivity contribution in [1.82, 2.24) is 19.7 Å². The van der Waals surface area contributed by atoms with Gasteiger partial charge in [-0.3, -0.25) is 4.79 Å². The van der Waals surface area contributed by atoms with Crippen LogP contribution in [0.3, 0.4) is 0 Å². The number of ether oxygens (including phenoxy) is 1. The van der Waals surface area contributed by atoms with Gasteiger partial charge in [-0.05, 0) is 57.4 Å². The molecule has 2 aromatic heterocycles. The highest BCUT2D eigenvalue weighted by atomic mass is 16.5. The molecule has 6 heteroatoms. The summed E-state index contributed by atoms with van der Waals surface area (Å²) in [7, 11) is 0. The Kier molecular flexibility index (Phi) is 5.03. The van der Waals surface area contributed by atoms with E-state index in [1.807, 2.05) is 34.7 Å². The molecule has 1 atom stereocenters. The molecule has 1 aromatic carbocycles. The molecule has 28 heavy (non-hydrogen) atoms. The third-order valence-corrected chi connectivity index (χ3v) is 5.26. The fourth-order valence-corrected chi connectivity index (χ4v) is 3.91. The average molecular weight is 378 g/mol. The number of hydrogen-bond acceptors (Lipinski definition) is 4. The predicted molar refractivity (Wildman–Crippen MR) is 109 cm³/mol. The highest BCUT2D eigenvalue weighted by Crippen LogP contribution is 2.34. The Morgan fingerprint density at radius 1 is 1.25 bits per heavy atom. The molecule has 3 aromatic rings. The van der Waals surface area contributed by atoms with E-state index in [0.29, 0.717) is 12.2 Å². The van der Waals surface area contributed by atoms with Crippen LogP contribution in [0.25, 0.3) is 11.0 Å². The van der Waals surface area contributed by atoms with Crippen LogP contribution < -0.4 is 4.74 Å². The zero-order chi connectivity index (χ0) is 19.7. The van der Waals surface area contributed by atoms with Crippen LogP contribution in [0.15, 0.2) is 42.7 Å². The van der Waals surface area contributed by atoms with Crippen molar-refractivity contribution in [3.8, 4) is 5.75 Å². The third kappa shape index (κ3) is 3.35. The Balaban J connectivity index is 1.58. The summed E-state index contributed by atoms with van der Waals surface area (Å²) in [5.74, 6) is 0.891. The smallest absolute Gasteiger partial charge is 0.255 e. The minimum atomic E-state index is 0.0306. The Labute approximate surface area is 165 Å². The molecule has 146 valence electrons. The van der Waals surface area contributed by atoms with Crippen LogP contribution in [0.4, 0.5) is 0 Å². The zero-order valence-electron chi connectivity index (χ0n) is 16.6. The second-order valence-electron chi connectivity index (χ2n) is 7.48. The van der Waals surface area contributed by atoms with Crippen LogP contribution in [-0.4, -0.2) is 38.7 Å². The fraction of sp³-hybridized carbons (Fsp3) is 0.409. The second-order valence-corrected chi connectivity index (χ2v) is 7.48. The molecule has 0 spiro atoms. The number of benzene rings is 1. The monoisotopic (exact) mass is 378 g/mol. The number of nitrogens with zero attached hydrogens (tertiary/aromatic N) is 4. The molecule has 1 unspecified atom stereocenters. The van der Waals surface area contributed by atoms with E-state index in [-0.39, 0.29) is 18.0 Å². The van der Waals surface area contributed by atoms with E-state index in [0.717, 1.165) is 41.7 Å². The normalized spacial score (nSPS) is 16.9.